The van der Waals surface area contributed by atoms with Gasteiger partial charge in [-0.1, -0.05) is 105 Å². The molecule has 0 aliphatic carbocycles. The second-order valence-corrected chi connectivity index (χ2v) is 18.8. The fourth-order valence-electron chi connectivity index (χ4n) is 5.34. The van der Waals surface area contributed by atoms with Gasteiger partial charge in [-0.25, -0.2) is 0 Å². The topological polar surface area (TPSA) is 113 Å². The number of hydrogen-bond acceptors (Lipinski definition) is 10. The molecule has 0 fully saturated rings. The van der Waals surface area contributed by atoms with Gasteiger partial charge in [-0.15, -0.1) is 0 Å². The van der Waals surface area contributed by atoms with Crippen molar-refractivity contribution in [2.24, 2.45) is 13.5 Å². The van der Waals surface area contributed by atoms with Gasteiger partial charge in [0.05, 0.1) is 0 Å². The van der Waals surface area contributed by atoms with Gasteiger partial charge in [0.15, 0.2) is 0 Å². The number of phenols is 1. The van der Waals surface area contributed by atoms with Gasteiger partial charge >= 0.3 is 23.0 Å². The van der Waals surface area contributed by atoms with Crippen LogP contribution in [0.15, 0.2) is 159 Å². The molecular weight excluding hydrogens is 739 g/mol. The van der Waals surface area contributed by atoms with E-state index in [0.717, 1.165) is 27.8 Å². The van der Waals surface area contributed by atoms with E-state index in [4.69, 9.17) is 40.7 Å². The zero-order chi connectivity index (χ0) is 37.8. The van der Waals surface area contributed by atoms with Crippen LogP contribution in [0.5, 0.6) is 40.2 Å². The van der Waals surface area contributed by atoms with Crippen LogP contribution in [-0.4, -0.2) is 5.11 Å². The van der Waals surface area contributed by atoms with Crippen LogP contribution in [0, 0.1) is 34.6 Å². The highest BCUT2D eigenvalue weighted by Gasteiger charge is 2.49. The molecule has 0 saturated heterocycles. The summed E-state index contributed by atoms with van der Waals surface area (Å²) in [5.74, 6) is 2.78. The Labute approximate surface area is 316 Å². The SMILES string of the molecule is Cc1ccccc1OP1(Oc2ccc(O)cc2)=NP(Oc2ccccc2C)(Oc2ccccc2C)=NP(Oc2ccccc2C)(Oc2ccccc2C)=N1. The van der Waals surface area contributed by atoms with Crippen molar-refractivity contribution < 1.29 is 32.2 Å². The van der Waals surface area contributed by atoms with Gasteiger partial charge in [-0.3, -0.25) is 0 Å². The van der Waals surface area contributed by atoms with Gasteiger partial charge in [-0.05, 0) is 117 Å². The van der Waals surface area contributed by atoms with E-state index in [2.05, 4.69) is 0 Å². The summed E-state index contributed by atoms with van der Waals surface area (Å²) in [5, 5.41) is 10.2. The van der Waals surface area contributed by atoms with E-state index in [1.807, 2.05) is 156 Å². The summed E-state index contributed by atoms with van der Waals surface area (Å²) in [4.78, 5) is 0. The quantitative estimate of drug-likeness (QED) is 0.123. The maximum Gasteiger partial charge on any atom is 0.460 e. The summed E-state index contributed by atoms with van der Waals surface area (Å²) >= 11 is 0. The maximum atomic E-state index is 10.2. The van der Waals surface area contributed by atoms with Gasteiger partial charge in [0, 0.05) is 0 Å². The molecule has 0 bridgehead atoms. The van der Waals surface area contributed by atoms with Crippen LogP contribution in [0.3, 0.4) is 0 Å². The van der Waals surface area contributed by atoms with Gasteiger partial charge in [0.25, 0.3) is 0 Å². The molecule has 0 radical (unpaired) electrons. The van der Waals surface area contributed by atoms with E-state index >= 15 is 0 Å². The number of phenolic OH excluding ortho intramolecular Hbond substituents is 1. The molecule has 1 heterocycles. The maximum absolute atomic E-state index is 10.2. The summed E-state index contributed by atoms with van der Waals surface area (Å²) in [6.07, 6.45) is 0. The second kappa shape index (κ2) is 15.5. The minimum Gasteiger partial charge on any atom is -0.508 e. The van der Waals surface area contributed by atoms with E-state index in [-0.39, 0.29) is 5.75 Å². The Morgan fingerprint density at radius 1 is 0.333 bits per heavy atom. The van der Waals surface area contributed by atoms with Crippen LogP contribution < -0.4 is 27.1 Å². The molecule has 1 unspecified atom stereocenters. The molecule has 1 aliphatic heterocycles. The van der Waals surface area contributed by atoms with E-state index in [1.54, 1.807) is 12.1 Å². The molecule has 276 valence electrons. The normalized spacial score (nSPS) is 16.8. The number of aryl methyl sites for hydroxylation is 5. The third kappa shape index (κ3) is 8.37. The van der Waals surface area contributed by atoms with Crippen molar-refractivity contribution in [2.75, 3.05) is 0 Å². The Hall–Kier alpha value is -5.39. The molecule has 0 aromatic heterocycles. The molecule has 13 heteroatoms. The largest absolute Gasteiger partial charge is 0.508 e. The van der Waals surface area contributed by atoms with Crippen LogP contribution in [0.1, 0.15) is 27.8 Å². The molecule has 1 atom stereocenters. The first kappa shape index (κ1) is 36.9. The minimum atomic E-state index is -4.05. The van der Waals surface area contributed by atoms with E-state index in [0.29, 0.717) is 34.5 Å². The number of nitrogens with zero attached hydrogens (tertiary/aromatic N) is 3. The Morgan fingerprint density at radius 3 is 0.833 bits per heavy atom. The van der Waals surface area contributed by atoms with E-state index in [9.17, 15) is 5.11 Å². The molecule has 0 saturated carbocycles. The zero-order valence-electron chi connectivity index (χ0n) is 30.4. The standard InChI is InChI=1S/C41H40N3O7P3/c1-30-16-6-11-21-37(30)47-52(46-36-28-26-35(45)27-29-36)42-53(48-38-22-12-7-17-31(38)2,49-39-23-13-8-18-32(39)3)44-54(43-52,50-40-24-14-9-19-33(40)4)51-41-25-15-10-20-34(41)5/h6-29,45H,1-5H3. The minimum absolute atomic E-state index is 0.0577. The lowest BCUT2D eigenvalue weighted by Gasteiger charge is -2.34. The highest BCUT2D eigenvalue weighted by Crippen LogP contribution is 2.79. The zero-order valence-corrected chi connectivity index (χ0v) is 33.1. The molecule has 54 heavy (non-hydrogen) atoms. The lowest BCUT2D eigenvalue weighted by atomic mass is 10.2. The van der Waals surface area contributed by atoms with Crippen molar-refractivity contribution >= 4 is 23.0 Å². The Bertz CT molecular complexity index is 2290. The van der Waals surface area contributed by atoms with Crippen LogP contribution in [-0.2, 0) is 0 Å². The fourth-order valence-corrected chi connectivity index (χ4v) is 14.7. The first-order valence-electron chi connectivity index (χ1n) is 17.2. The average molecular weight is 780 g/mol. The summed E-state index contributed by atoms with van der Waals surface area (Å²) in [5.41, 5.74) is 4.11. The van der Waals surface area contributed by atoms with Gasteiger partial charge in [0.2, 0.25) is 0 Å². The molecule has 6 aromatic carbocycles. The fraction of sp³-hybridized carbons (Fsp3) is 0.122. The van der Waals surface area contributed by atoms with Crippen LogP contribution in [0.2, 0.25) is 0 Å². The summed E-state index contributed by atoms with van der Waals surface area (Å²) in [7, 11) is -12.1. The first-order valence-corrected chi connectivity index (χ1v) is 21.8. The third-order valence-corrected chi connectivity index (χ3v) is 16.3. The van der Waals surface area contributed by atoms with Crippen molar-refractivity contribution in [3.8, 4) is 40.2 Å². The highest BCUT2D eigenvalue weighted by atomic mass is 31.3. The Morgan fingerprint density at radius 2 is 0.574 bits per heavy atom. The number of hydrogen-bond donors (Lipinski definition) is 1. The summed E-state index contributed by atoms with van der Waals surface area (Å²) in [6, 6.07) is 44.0. The Kier molecular flexibility index (Phi) is 10.6. The van der Waals surface area contributed by atoms with Crippen molar-refractivity contribution in [3.05, 3.63) is 173 Å². The van der Waals surface area contributed by atoms with Gasteiger partial charge < -0.3 is 32.2 Å². The number of benzene rings is 6. The highest BCUT2D eigenvalue weighted by molar-refractivity contribution is 7.79. The number of aromatic hydroxyl groups is 1. The smallest absolute Gasteiger partial charge is 0.460 e. The van der Waals surface area contributed by atoms with Crippen LogP contribution in [0.25, 0.3) is 0 Å². The van der Waals surface area contributed by atoms with Gasteiger partial charge in [-0.2, -0.15) is 0 Å². The first-order chi connectivity index (χ1) is 26.0. The molecule has 10 nitrogen and oxygen atoms in total. The van der Waals surface area contributed by atoms with Crippen LogP contribution in [0.4, 0.5) is 0 Å². The lowest BCUT2D eigenvalue weighted by molar-refractivity contribution is 0.438. The lowest BCUT2D eigenvalue weighted by Crippen LogP contribution is -2.12. The van der Waals surface area contributed by atoms with Crippen molar-refractivity contribution in [1.29, 1.82) is 0 Å². The molecular formula is C41H40N3O7P3. The number of para-hydroxylation sites is 5. The summed E-state index contributed by atoms with van der Waals surface area (Å²) in [6.45, 7) is 9.66. The predicted molar refractivity (Wildman–Crippen MR) is 216 cm³/mol. The molecule has 6 aromatic rings. The number of rotatable bonds is 12. The van der Waals surface area contributed by atoms with Crippen molar-refractivity contribution in [3.63, 3.8) is 0 Å². The molecule has 1 aliphatic rings. The van der Waals surface area contributed by atoms with Crippen molar-refractivity contribution in [1.82, 2.24) is 0 Å². The van der Waals surface area contributed by atoms with Crippen LogP contribution >= 0.6 is 23.0 Å². The average Bonchev–Trinajstić information content (AvgIpc) is 3.14. The molecule has 7 rings (SSSR count). The van der Waals surface area contributed by atoms with Gasteiger partial charge in [0.1, 0.15) is 40.2 Å². The molecule has 0 spiro atoms. The monoisotopic (exact) mass is 779 g/mol. The molecule has 0 amide bonds. The second-order valence-electron chi connectivity index (χ2n) is 12.6. The van der Waals surface area contributed by atoms with Crippen molar-refractivity contribution in [2.45, 2.75) is 34.6 Å². The van der Waals surface area contributed by atoms with E-state index in [1.165, 1.54) is 12.1 Å². The molecule has 1 N–H and O–H groups in total. The summed E-state index contributed by atoms with van der Waals surface area (Å²) < 4.78 is 57.7. The predicted octanol–water partition coefficient (Wildman–Crippen LogP) is 13.6. The third-order valence-electron chi connectivity index (χ3n) is 8.29. The van der Waals surface area contributed by atoms with E-state index < -0.39 is 23.0 Å². The Balaban J connectivity index is 1.62.